The van der Waals surface area contributed by atoms with Gasteiger partial charge in [0.05, 0.1) is 22.1 Å². The molecule has 1 unspecified atom stereocenters. The molecule has 2 saturated heterocycles. The average Bonchev–Trinajstić information content (AvgIpc) is 3.46. The molecule has 4 aromatic rings. The van der Waals surface area contributed by atoms with Crippen LogP contribution in [0.3, 0.4) is 0 Å². The Labute approximate surface area is 240 Å². The second-order valence-electron chi connectivity index (χ2n) is 11.5. The Morgan fingerprint density at radius 1 is 1.20 bits per heavy atom. The van der Waals surface area contributed by atoms with E-state index in [9.17, 15) is 14.7 Å². The summed E-state index contributed by atoms with van der Waals surface area (Å²) < 4.78 is 21.0. The first kappa shape index (κ1) is 27.4. The van der Waals surface area contributed by atoms with Crippen LogP contribution in [0.5, 0.6) is 0 Å². The molecule has 2 amide bonds. The van der Waals surface area contributed by atoms with Crippen LogP contribution in [0.4, 0.5) is 4.39 Å². The van der Waals surface area contributed by atoms with Crippen molar-refractivity contribution < 1.29 is 23.6 Å². The van der Waals surface area contributed by atoms with Crippen LogP contribution >= 0.6 is 11.6 Å². The average molecular weight is 578 g/mol. The number of halogens is 2. The predicted octanol–water partition coefficient (Wildman–Crippen LogP) is 4.72. The minimum absolute atomic E-state index is 0.212. The van der Waals surface area contributed by atoms with E-state index in [0.29, 0.717) is 60.0 Å². The van der Waals surface area contributed by atoms with Crippen molar-refractivity contribution in [3.8, 4) is 11.4 Å². The largest absolute Gasteiger partial charge is 0.384 e. The summed E-state index contributed by atoms with van der Waals surface area (Å²) in [7, 11) is 0. The summed E-state index contributed by atoms with van der Waals surface area (Å²) in [4.78, 5) is 34.6. The van der Waals surface area contributed by atoms with Crippen LogP contribution in [0.2, 0.25) is 5.02 Å². The molecule has 4 heterocycles. The Morgan fingerprint density at radius 2 is 2.02 bits per heavy atom. The molecular formula is C30H29ClFN5O4. The molecular weight excluding hydrogens is 549 g/mol. The third-order valence-electron chi connectivity index (χ3n) is 8.48. The molecule has 0 aliphatic carbocycles. The number of carbonyl (C=O) groups is 2. The van der Waals surface area contributed by atoms with Crippen molar-refractivity contribution in [1.82, 2.24) is 25.3 Å². The van der Waals surface area contributed by atoms with Crippen molar-refractivity contribution in [3.05, 3.63) is 76.5 Å². The molecule has 0 spiro atoms. The molecule has 2 fully saturated rings. The fourth-order valence-electron chi connectivity index (χ4n) is 6.15. The molecule has 6 rings (SSSR count). The van der Waals surface area contributed by atoms with Gasteiger partial charge in [-0.15, -0.1) is 0 Å². The van der Waals surface area contributed by atoms with Gasteiger partial charge in [0.15, 0.2) is 0 Å². The first-order valence-corrected chi connectivity index (χ1v) is 13.9. The Bertz CT molecular complexity index is 1660. The molecule has 2 aliphatic heterocycles. The summed E-state index contributed by atoms with van der Waals surface area (Å²) in [6, 6.07) is 10.6. The minimum Gasteiger partial charge on any atom is -0.384 e. The van der Waals surface area contributed by atoms with E-state index in [2.05, 4.69) is 25.3 Å². The van der Waals surface area contributed by atoms with E-state index >= 15 is 4.39 Å². The van der Waals surface area contributed by atoms with Gasteiger partial charge in [0.2, 0.25) is 24.0 Å². The van der Waals surface area contributed by atoms with Gasteiger partial charge in [-0.25, -0.2) is 4.39 Å². The molecule has 11 heteroatoms. The molecule has 9 nitrogen and oxygen atoms in total. The highest BCUT2D eigenvalue weighted by Gasteiger charge is 2.50. The summed E-state index contributed by atoms with van der Waals surface area (Å²) in [5, 5.41) is 19.0. The number of likely N-dealkylation sites (tertiary alicyclic amines) is 1. The monoisotopic (exact) mass is 577 g/mol. The van der Waals surface area contributed by atoms with Gasteiger partial charge in [-0.3, -0.25) is 24.8 Å². The van der Waals surface area contributed by atoms with Gasteiger partial charge in [0, 0.05) is 54.2 Å². The number of nitrogens with zero attached hydrogens (tertiary/aromatic N) is 4. The number of rotatable bonds is 5. The number of aromatic nitrogens is 3. The van der Waals surface area contributed by atoms with E-state index in [0.717, 1.165) is 5.56 Å². The third kappa shape index (κ3) is 4.90. The number of piperidine rings is 2. The van der Waals surface area contributed by atoms with Crippen molar-refractivity contribution in [2.45, 2.75) is 51.2 Å². The van der Waals surface area contributed by atoms with E-state index in [1.165, 1.54) is 6.39 Å². The number of hydrogen-bond donors (Lipinski definition) is 2. The van der Waals surface area contributed by atoms with Crippen molar-refractivity contribution in [2.24, 2.45) is 5.41 Å². The van der Waals surface area contributed by atoms with Gasteiger partial charge in [-0.2, -0.15) is 4.98 Å². The summed E-state index contributed by atoms with van der Waals surface area (Å²) >= 11 is 6.50. The standard InChI is InChI=1S/C30H29ClFN5O4/c1-29(2)15-37(14-17-3-4-20(23(31)11-17)27-34-16-41-36-27)10-9-30(29,40)22-6-7-24-21(26(22)32)12-18(13-33-24)19-5-8-25(38)35-28(19)39/h3-4,6-7,11-13,16,19,40H,5,8-10,14-15H2,1-2H3,(H,35,38,39)/t19?,30-/m1/s1. The Balaban J connectivity index is 1.24. The lowest BCUT2D eigenvalue weighted by Crippen LogP contribution is -2.55. The Hall–Kier alpha value is -3.73. The number of fused-ring (bicyclic) bond motifs is 1. The molecule has 2 N–H and O–H groups in total. The van der Waals surface area contributed by atoms with E-state index < -0.39 is 28.7 Å². The first-order valence-electron chi connectivity index (χ1n) is 13.5. The second kappa shape index (κ2) is 10.3. The molecule has 0 radical (unpaired) electrons. The second-order valence-corrected chi connectivity index (χ2v) is 11.9. The number of carbonyl (C=O) groups excluding carboxylic acids is 2. The van der Waals surface area contributed by atoms with Crippen LogP contribution in [0, 0.1) is 11.2 Å². The van der Waals surface area contributed by atoms with Crippen LogP contribution < -0.4 is 5.32 Å². The van der Waals surface area contributed by atoms with Crippen LogP contribution in [0.25, 0.3) is 22.3 Å². The molecule has 0 bridgehead atoms. The number of hydrogen-bond acceptors (Lipinski definition) is 8. The molecule has 212 valence electrons. The van der Waals surface area contributed by atoms with E-state index in [1.807, 2.05) is 32.0 Å². The molecule has 2 atom stereocenters. The molecule has 41 heavy (non-hydrogen) atoms. The number of amides is 2. The highest BCUT2D eigenvalue weighted by Crippen LogP contribution is 2.48. The van der Waals surface area contributed by atoms with Crippen LogP contribution in [0.15, 0.2) is 53.5 Å². The fraction of sp³-hybridized carbons (Fsp3) is 0.367. The third-order valence-corrected chi connectivity index (χ3v) is 8.79. The van der Waals surface area contributed by atoms with Crippen LogP contribution in [-0.2, 0) is 21.7 Å². The summed E-state index contributed by atoms with van der Waals surface area (Å²) in [5.41, 5.74) is 0.720. The zero-order valence-electron chi connectivity index (χ0n) is 22.7. The van der Waals surface area contributed by atoms with Gasteiger partial charge < -0.3 is 9.63 Å². The molecule has 0 saturated carbocycles. The predicted molar refractivity (Wildman–Crippen MR) is 149 cm³/mol. The molecule has 2 aromatic carbocycles. The lowest BCUT2D eigenvalue weighted by Gasteiger charge is -2.50. The zero-order chi connectivity index (χ0) is 28.9. The Kier molecular flexibility index (Phi) is 6.88. The van der Waals surface area contributed by atoms with Crippen molar-refractivity contribution >= 4 is 34.3 Å². The lowest BCUT2D eigenvalue weighted by atomic mass is 9.66. The quantitative estimate of drug-likeness (QED) is 0.327. The van der Waals surface area contributed by atoms with Crippen LogP contribution in [0.1, 0.15) is 55.7 Å². The van der Waals surface area contributed by atoms with Crippen molar-refractivity contribution in [1.29, 1.82) is 0 Å². The SMILES string of the molecule is CC1(C)CN(Cc2ccc(-c3ncon3)c(Cl)c2)CC[C@@]1(O)c1ccc2ncc(C3CCC(=O)NC3=O)cc2c1F. The van der Waals surface area contributed by atoms with Gasteiger partial charge in [0.25, 0.3) is 0 Å². The van der Waals surface area contributed by atoms with Crippen molar-refractivity contribution in [3.63, 3.8) is 0 Å². The maximum Gasteiger partial charge on any atom is 0.234 e. The number of imide groups is 1. The Morgan fingerprint density at radius 3 is 2.73 bits per heavy atom. The number of pyridine rings is 1. The van der Waals surface area contributed by atoms with E-state index in [1.54, 1.807) is 24.4 Å². The fourth-order valence-corrected chi connectivity index (χ4v) is 6.44. The number of nitrogens with one attached hydrogen (secondary N) is 1. The number of benzene rings is 2. The summed E-state index contributed by atoms with van der Waals surface area (Å²) in [5.74, 6) is -1.42. The topological polar surface area (TPSA) is 121 Å². The van der Waals surface area contributed by atoms with Gasteiger partial charge >= 0.3 is 0 Å². The highest BCUT2D eigenvalue weighted by atomic mass is 35.5. The zero-order valence-corrected chi connectivity index (χ0v) is 23.4. The number of aliphatic hydroxyl groups is 1. The van der Waals surface area contributed by atoms with Gasteiger partial charge in [-0.05, 0) is 48.2 Å². The first-order chi connectivity index (χ1) is 19.6. The van der Waals surface area contributed by atoms with Crippen LogP contribution in [-0.4, -0.2) is 50.0 Å². The molecule has 2 aromatic heterocycles. The maximum atomic E-state index is 16.2. The molecule has 2 aliphatic rings. The van der Waals surface area contributed by atoms with E-state index in [4.69, 9.17) is 16.1 Å². The van der Waals surface area contributed by atoms with Gasteiger partial charge in [0.1, 0.15) is 5.82 Å². The van der Waals surface area contributed by atoms with E-state index in [-0.39, 0.29) is 23.3 Å². The minimum atomic E-state index is -1.44. The normalized spacial score (nSPS) is 23.1. The summed E-state index contributed by atoms with van der Waals surface area (Å²) in [6.45, 7) is 5.53. The smallest absolute Gasteiger partial charge is 0.234 e. The highest BCUT2D eigenvalue weighted by molar-refractivity contribution is 6.33. The van der Waals surface area contributed by atoms with Gasteiger partial charge in [-0.1, -0.05) is 42.7 Å². The van der Waals surface area contributed by atoms with Crippen molar-refractivity contribution in [2.75, 3.05) is 13.1 Å². The lowest BCUT2D eigenvalue weighted by molar-refractivity contribution is -0.134. The maximum absolute atomic E-state index is 16.2. The summed E-state index contributed by atoms with van der Waals surface area (Å²) in [6.07, 6.45) is 3.69.